The lowest BCUT2D eigenvalue weighted by Crippen LogP contribution is -2.37. The van der Waals surface area contributed by atoms with Crippen molar-refractivity contribution in [3.05, 3.63) is 65.0 Å². The number of carbonyl (C=O) groups is 2. The second-order valence-electron chi connectivity index (χ2n) is 5.49. The number of amides is 2. The molecule has 0 fully saturated rings. The third-order valence-electron chi connectivity index (χ3n) is 3.59. The molecule has 0 atom stereocenters. The SMILES string of the molecule is CC(=O)N(CCNC(=O)c1ccc(F)c(F)c1F)c1cccc(C)c1. The number of carbonyl (C=O) groups excluding carboxylic acids is 2. The fourth-order valence-electron chi connectivity index (χ4n) is 2.34. The molecule has 0 heterocycles. The number of nitrogens with one attached hydrogen (secondary N) is 1. The molecule has 25 heavy (non-hydrogen) atoms. The summed E-state index contributed by atoms with van der Waals surface area (Å²) in [6, 6.07) is 8.81. The van der Waals surface area contributed by atoms with Gasteiger partial charge in [-0.3, -0.25) is 9.59 Å². The average molecular weight is 350 g/mol. The fourth-order valence-corrected chi connectivity index (χ4v) is 2.34. The lowest BCUT2D eigenvalue weighted by atomic mass is 10.2. The molecule has 2 rings (SSSR count). The molecule has 0 saturated heterocycles. The number of anilines is 1. The number of aryl methyl sites for hydroxylation is 1. The molecule has 7 heteroatoms. The van der Waals surface area contributed by atoms with E-state index in [4.69, 9.17) is 0 Å². The molecular formula is C18H17F3N2O2. The third kappa shape index (κ3) is 4.37. The molecule has 1 N–H and O–H groups in total. The highest BCUT2D eigenvalue weighted by Crippen LogP contribution is 2.16. The molecule has 0 aromatic heterocycles. The van der Waals surface area contributed by atoms with Crippen molar-refractivity contribution in [1.29, 1.82) is 0 Å². The number of halogens is 3. The van der Waals surface area contributed by atoms with Gasteiger partial charge in [-0.25, -0.2) is 13.2 Å². The van der Waals surface area contributed by atoms with E-state index in [2.05, 4.69) is 5.32 Å². The predicted molar refractivity (Wildman–Crippen MR) is 87.9 cm³/mol. The van der Waals surface area contributed by atoms with Gasteiger partial charge in [-0.1, -0.05) is 12.1 Å². The van der Waals surface area contributed by atoms with Crippen LogP contribution in [0.2, 0.25) is 0 Å². The highest BCUT2D eigenvalue weighted by molar-refractivity contribution is 5.95. The molecule has 0 bridgehead atoms. The van der Waals surface area contributed by atoms with Gasteiger partial charge in [0.05, 0.1) is 5.56 Å². The van der Waals surface area contributed by atoms with Crippen molar-refractivity contribution in [2.45, 2.75) is 13.8 Å². The molecule has 132 valence electrons. The third-order valence-corrected chi connectivity index (χ3v) is 3.59. The van der Waals surface area contributed by atoms with Crippen LogP contribution in [0.4, 0.5) is 18.9 Å². The number of hydrogen-bond acceptors (Lipinski definition) is 2. The summed E-state index contributed by atoms with van der Waals surface area (Å²) in [6.07, 6.45) is 0. The predicted octanol–water partition coefficient (Wildman–Crippen LogP) is 3.20. The van der Waals surface area contributed by atoms with E-state index in [0.717, 1.165) is 11.6 Å². The van der Waals surface area contributed by atoms with E-state index in [9.17, 15) is 22.8 Å². The van der Waals surface area contributed by atoms with Crippen LogP contribution in [-0.2, 0) is 4.79 Å². The van der Waals surface area contributed by atoms with Crippen molar-refractivity contribution in [3.8, 4) is 0 Å². The summed E-state index contributed by atoms with van der Waals surface area (Å²) >= 11 is 0. The Hall–Kier alpha value is -2.83. The van der Waals surface area contributed by atoms with Gasteiger partial charge in [-0.2, -0.15) is 0 Å². The molecule has 2 aromatic carbocycles. The Morgan fingerprint density at radius 1 is 1.08 bits per heavy atom. The summed E-state index contributed by atoms with van der Waals surface area (Å²) < 4.78 is 39.7. The van der Waals surface area contributed by atoms with Crippen molar-refractivity contribution in [2.24, 2.45) is 0 Å². The van der Waals surface area contributed by atoms with E-state index >= 15 is 0 Å². The lowest BCUT2D eigenvalue weighted by Gasteiger charge is -2.22. The number of benzene rings is 2. The van der Waals surface area contributed by atoms with E-state index in [1.807, 2.05) is 19.1 Å². The molecule has 0 aliphatic rings. The minimum absolute atomic E-state index is 0.0186. The van der Waals surface area contributed by atoms with Gasteiger partial charge in [0, 0.05) is 25.7 Å². The Kier molecular flexibility index (Phi) is 5.80. The van der Waals surface area contributed by atoms with Gasteiger partial charge >= 0.3 is 0 Å². The Morgan fingerprint density at radius 2 is 1.80 bits per heavy atom. The minimum Gasteiger partial charge on any atom is -0.350 e. The summed E-state index contributed by atoms with van der Waals surface area (Å²) in [4.78, 5) is 25.2. The topological polar surface area (TPSA) is 49.4 Å². The molecule has 0 aliphatic heterocycles. The lowest BCUT2D eigenvalue weighted by molar-refractivity contribution is -0.116. The van der Waals surface area contributed by atoms with E-state index in [-0.39, 0.29) is 19.0 Å². The van der Waals surface area contributed by atoms with Gasteiger partial charge in [0.25, 0.3) is 5.91 Å². The number of hydrogen-bond donors (Lipinski definition) is 1. The van der Waals surface area contributed by atoms with Crippen LogP contribution in [0.25, 0.3) is 0 Å². The maximum absolute atomic E-state index is 13.6. The van der Waals surface area contributed by atoms with E-state index in [0.29, 0.717) is 11.8 Å². The van der Waals surface area contributed by atoms with Crippen LogP contribution in [0.1, 0.15) is 22.8 Å². The first-order valence-electron chi connectivity index (χ1n) is 7.57. The fraction of sp³-hybridized carbons (Fsp3) is 0.222. The largest absolute Gasteiger partial charge is 0.350 e. The molecule has 2 amide bonds. The first kappa shape index (κ1) is 18.5. The smallest absolute Gasteiger partial charge is 0.254 e. The molecule has 0 aliphatic carbocycles. The summed E-state index contributed by atoms with van der Waals surface area (Å²) in [5.74, 6) is -5.71. The monoisotopic (exact) mass is 350 g/mol. The van der Waals surface area contributed by atoms with E-state index in [1.165, 1.54) is 11.8 Å². The standard InChI is InChI=1S/C18H17F3N2O2/c1-11-4-3-5-13(10-11)23(12(2)24)9-8-22-18(25)14-6-7-15(19)17(21)16(14)20/h3-7,10H,8-9H2,1-2H3,(H,22,25). The molecule has 4 nitrogen and oxygen atoms in total. The molecule has 0 radical (unpaired) electrons. The van der Waals surface area contributed by atoms with Crippen molar-refractivity contribution in [1.82, 2.24) is 5.32 Å². The van der Waals surface area contributed by atoms with Gasteiger partial charge in [-0.15, -0.1) is 0 Å². The first-order chi connectivity index (χ1) is 11.8. The van der Waals surface area contributed by atoms with Crippen molar-refractivity contribution < 1.29 is 22.8 Å². The second-order valence-corrected chi connectivity index (χ2v) is 5.49. The maximum atomic E-state index is 13.6. The van der Waals surface area contributed by atoms with Gasteiger partial charge < -0.3 is 10.2 Å². The first-order valence-corrected chi connectivity index (χ1v) is 7.57. The molecule has 0 spiro atoms. The van der Waals surface area contributed by atoms with Crippen LogP contribution in [0, 0.1) is 24.4 Å². The maximum Gasteiger partial charge on any atom is 0.254 e. The molecule has 0 unspecified atom stereocenters. The molecule has 0 saturated carbocycles. The van der Waals surface area contributed by atoms with Gasteiger partial charge in [0.1, 0.15) is 0 Å². The van der Waals surface area contributed by atoms with Gasteiger partial charge in [0.2, 0.25) is 5.91 Å². The zero-order valence-electron chi connectivity index (χ0n) is 13.8. The Bertz CT molecular complexity index is 809. The number of nitrogens with zero attached hydrogens (tertiary/aromatic N) is 1. The van der Waals surface area contributed by atoms with Crippen LogP contribution < -0.4 is 10.2 Å². The summed E-state index contributed by atoms with van der Waals surface area (Å²) in [5.41, 5.74) is 1.04. The molecular weight excluding hydrogens is 333 g/mol. The summed E-state index contributed by atoms with van der Waals surface area (Å²) in [6.45, 7) is 3.44. The minimum atomic E-state index is -1.70. The average Bonchev–Trinajstić information content (AvgIpc) is 2.56. The van der Waals surface area contributed by atoms with Crippen molar-refractivity contribution >= 4 is 17.5 Å². The molecule has 2 aromatic rings. The van der Waals surface area contributed by atoms with E-state index in [1.54, 1.807) is 12.1 Å². The quantitative estimate of drug-likeness (QED) is 0.842. The van der Waals surface area contributed by atoms with Crippen LogP contribution in [0.15, 0.2) is 36.4 Å². The van der Waals surface area contributed by atoms with Crippen molar-refractivity contribution in [2.75, 3.05) is 18.0 Å². The van der Waals surface area contributed by atoms with Crippen LogP contribution in [0.5, 0.6) is 0 Å². The summed E-state index contributed by atoms with van der Waals surface area (Å²) in [7, 11) is 0. The zero-order chi connectivity index (χ0) is 18.6. The normalized spacial score (nSPS) is 10.4. The Morgan fingerprint density at radius 3 is 2.44 bits per heavy atom. The Balaban J connectivity index is 2.04. The zero-order valence-corrected chi connectivity index (χ0v) is 13.8. The highest BCUT2D eigenvalue weighted by Gasteiger charge is 2.19. The number of rotatable bonds is 5. The van der Waals surface area contributed by atoms with Gasteiger partial charge in [0.15, 0.2) is 17.5 Å². The highest BCUT2D eigenvalue weighted by atomic mass is 19.2. The second kappa shape index (κ2) is 7.83. The van der Waals surface area contributed by atoms with Crippen LogP contribution in [0.3, 0.4) is 0 Å². The van der Waals surface area contributed by atoms with Gasteiger partial charge in [-0.05, 0) is 36.8 Å². The van der Waals surface area contributed by atoms with Crippen molar-refractivity contribution in [3.63, 3.8) is 0 Å². The van der Waals surface area contributed by atoms with Crippen LogP contribution in [-0.4, -0.2) is 24.9 Å². The Labute approximate surface area is 143 Å². The van der Waals surface area contributed by atoms with E-state index < -0.39 is 28.9 Å². The van der Waals surface area contributed by atoms with Crippen LogP contribution >= 0.6 is 0 Å². The summed E-state index contributed by atoms with van der Waals surface area (Å²) in [5, 5.41) is 2.39.